The van der Waals surface area contributed by atoms with Crippen molar-refractivity contribution in [3.8, 4) is 0 Å². The van der Waals surface area contributed by atoms with Crippen LogP contribution in [0.15, 0.2) is 12.7 Å². The summed E-state index contributed by atoms with van der Waals surface area (Å²) in [5.41, 5.74) is 0. The fraction of sp³-hybridized carbons (Fsp3) is 0.500. The van der Waals surface area contributed by atoms with Crippen molar-refractivity contribution in [3.63, 3.8) is 0 Å². The summed E-state index contributed by atoms with van der Waals surface area (Å²) in [4.78, 5) is 0. The Balaban J connectivity index is 0.000000490. The molecule has 0 atom stereocenters. The van der Waals surface area contributed by atoms with E-state index in [1.807, 2.05) is 25.0 Å². The first-order chi connectivity index (χ1) is 3.29. The normalized spacial score (nSPS) is 8.25. The molecule has 8 heavy (non-hydrogen) atoms. The van der Waals surface area contributed by atoms with Crippen molar-refractivity contribution in [2.45, 2.75) is 0 Å². The Morgan fingerprint density at radius 2 is 2.25 bits per heavy atom. The summed E-state index contributed by atoms with van der Waals surface area (Å²) in [5, 5.41) is 3.90. The highest BCUT2D eigenvalue weighted by molar-refractivity contribution is 4.35. The van der Waals surface area contributed by atoms with Gasteiger partial charge in [-0.25, -0.2) is 4.57 Å². The number of aryl methyl sites for hydroxylation is 2. The Kier molecular flexibility index (Phi) is 2.96. The molecule has 0 aromatic carbocycles. The minimum atomic E-state index is 0. The summed E-state index contributed by atoms with van der Waals surface area (Å²) in [5.74, 6) is 0. The molecule has 4 heteroatoms. The third-order valence-electron chi connectivity index (χ3n) is 0.765. The molecule has 0 amide bonds. The van der Waals surface area contributed by atoms with Gasteiger partial charge >= 0.3 is 0 Å². The van der Waals surface area contributed by atoms with Crippen LogP contribution in [-0.4, -0.2) is 9.78 Å². The standard InChI is InChI=1S/C4H8N3.HI/c1-6-3-5-7(2)4-6;/h3-4H,1-2H3;1H/q+1;/p-1. The summed E-state index contributed by atoms with van der Waals surface area (Å²) in [6.07, 6.45) is 3.64. The molecule has 1 heterocycles. The van der Waals surface area contributed by atoms with E-state index in [2.05, 4.69) is 5.10 Å². The van der Waals surface area contributed by atoms with Gasteiger partial charge in [-0.2, -0.15) is 0 Å². The minimum Gasteiger partial charge on any atom is -1.00 e. The molecule has 0 saturated carbocycles. The van der Waals surface area contributed by atoms with Gasteiger partial charge in [-0.3, -0.25) is 0 Å². The number of aromatic nitrogens is 3. The molecule has 0 N–H and O–H groups in total. The van der Waals surface area contributed by atoms with Gasteiger partial charge in [-0.1, -0.05) is 0 Å². The van der Waals surface area contributed by atoms with Crippen LogP contribution in [0.5, 0.6) is 0 Å². The Labute approximate surface area is 65.3 Å². The predicted octanol–water partition coefficient (Wildman–Crippen LogP) is -3.75. The first kappa shape index (κ1) is 7.87. The van der Waals surface area contributed by atoms with Crippen molar-refractivity contribution in [3.05, 3.63) is 12.7 Å². The van der Waals surface area contributed by atoms with Gasteiger partial charge in [-0.15, -0.1) is 4.68 Å². The van der Waals surface area contributed by atoms with E-state index < -0.39 is 0 Å². The van der Waals surface area contributed by atoms with Crippen LogP contribution in [0.2, 0.25) is 0 Å². The first-order valence-electron chi connectivity index (χ1n) is 2.13. The van der Waals surface area contributed by atoms with E-state index in [0.29, 0.717) is 0 Å². The highest BCUT2D eigenvalue weighted by Gasteiger charge is 1.90. The lowest BCUT2D eigenvalue weighted by atomic mass is 11.1. The van der Waals surface area contributed by atoms with Gasteiger partial charge in [0.1, 0.15) is 0 Å². The Bertz CT molecular complexity index is 144. The first-order valence-corrected chi connectivity index (χ1v) is 2.13. The third kappa shape index (κ3) is 1.77. The fourth-order valence-corrected chi connectivity index (χ4v) is 0.486. The Morgan fingerprint density at radius 1 is 1.62 bits per heavy atom. The number of hydrogen-bond donors (Lipinski definition) is 0. The summed E-state index contributed by atoms with van der Waals surface area (Å²) >= 11 is 0. The lowest BCUT2D eigenvalue weighted by Crippen LogP contribution is -3.00. The van der Waals surface area contributed by atoms with Gasteiger partial charge < -0.3 is 24.0 Å². The topological polar surface area (TPSA) is 21.7 Å². The van der Waals surface area contributed by atoms with Crippen molar-refractivity contribution in [1.29, 1.82) is 0 Å². The molecule has 46 valence electrons. The molecule has 0 fully saturated rings. The van der Waals surface area contributed by atoms with Crippen molar-refractivity contribution in [2.75, 3.05) is 0 Å². The molecule has 1 rings (SSSR count). The van der Waals surface area contributed by atoms with Crippen molar-refractivity contribution >= 4 is 0 Å². The average molecular weight is 225 g/mol. The van der Waals surface area contributed by atoms with Crippen LogP contribution >= 0.6 is 0 Å². The summed E-state index contributed by atoms with van der Waals surface area (Å²) in [6.45, 7) is 0. The molecule has 0 aliphatic heterocycles. The van der Waals surface area contributed by atoms with E-state index in [-0.39, 0.29) is 24.0 Å². The molecule has 0 unspecified atom stereocenters. The number of rotatable bonds is 0. The molecule has 0 bridgehead atoms. The predicted molar refractivity (Wildman–Crippen MR) is 24.4 cm³/mol. The van der Waals surface area contributed by atoms with Crippen molar-refractivity contribution in [2.24, 2.45) is 14.1 Å². The lowest BCUT2D eigenvalue weighted by Gasteiger charge is -1.69. The van der Waals surface area contributed by atoms with E-state index in [9.17, 15) is 0 Å². The molecule has 0 radical (unpaired) electrons. The van der Waals surface area contributed by atoms with Crippen LogP contribution < -0.4 is 28.5 Å². The Hall–Kier alpha value is -0.130. The van der Waals surface area contributed by atoms with Gasteiger partial charge in [0.25, 0.3) is 6.33 Å². The van der Waals surface area contributed by atoms with Gasteiger partial charge in [0.05, 0.1) is 14.1 Å². The number of nitrogens with zero attached hydrogens (tertiary/aromatic N) is 3. The smallest absolute Gasteiger partial charge is 0.264 e. The fourth-order valence-electron chi connectivity index (χ4n) is 0.486. The third-order valence-corrected chi connectivity index (χ3v) is 0.765. The molecule has 3 nitrogen and oxygen atoms in total. The molecule has 1 aromatic rings. The van der Waals surface area contributed by atoms with Crippen LogP contribution in [0, 0.1) is 0 Å². The molecule has 0 saturated heterocycles. The van der Waals surface area contributed by atoms with Crippen molar-refractivity contribution in [1.82, 2.24) is 9.78 Å². The highest BCUT2D eigenvalue weighted by atomic mass is 127. The van der Waals surface area contributed by atoms with Crippen LogP contribution in [0.3, 0.4) is 0 Å². The largest absolute Gasteiger partial charge is 1.00 e. The Morgan fingerprint density at radius 3 is 2.38 bits per heavy atom. The van der Waals surface area contributed by atoms with Gasteiger partial charge in [0.2, 0.25) is 6.33 Å². The molecular weight excluding hydrogens is 217 g/mol. The molecule has 0 aliphatic rings. The molecular formula is C4H8IN3. The zero-order valence-electron chi connectivity index (χ0n) is 4.87. The zero-order valence-corrected chi connectivity index (χ0v) is 7.03. The van der Waals surface area contributed by atoms with Crippen molar-refractivity contribution < 1.29 is 28.5 Å². The second-order valence-electron chi connectivity index (χ2n) is 1.59. The summed E-state index contributed by atoms with van der Waals surface area (Å²) in [6, 6.07) is 0. The minimum absolute atomic E-state index is 0. The second-order valence-corrected chi connectivity index (χ2v) is 1.59. The van der Waals surface area contributed by atoms with E-state index in [0.717, 1.165) is 0 Å². The zero-order chi connectivity index (χ0) is 5.28. The van der Waals surface area contributed by atoms with Crippen LogP contribution in [0.1, 0.15) is 0 Å². The van der Waals surface area contributed by atoms with E-state index in [1.54, 1.807) is 11.0 Å². The average Bonchev–Trinajstić information content (AvgIpc) is 1.87. The quantitative estimate of drug-likeness (QED) is 0.328. The van der Waals surface area contributed by atoms with Crippen LogP contribution in [0.25, 0.3) is 0 Å². The van der Waals surface area contributed by atoms with E-state index in [1.165, 1.54) is 0 Å². The molecule has 1 aromatic heterocycles. The summed E-state index contributed by atoms with van der Waals surface area (Å²) in [7, 11) is 3.83. The van der Waals surface area contributed by atoms with E-state index >= 15 is 0 Å². The van der Waals surface area contributed by atoms with Gasteiger partial charge in [-0.05, 0) is 0 Å². The molecule has 0 spiro atoms. The second kappa shape index (κ2) is 3.01. The number of hydrogen-bond acceptors (Lipinski definition) is 1. The maximum atomic E-state index is 3.90. The van der Waals surface area contributed by atoms with Gasteiger partial charge in [0, 0.05) is 5.10 Å². The maximum Gasteiger partial charge on any atom is 0.264 e. The summed E-state index contributed by atoms with van der Waals surface area (Å²) < 4.78 is 3.64. The lowest BCUT2D eigenvalue weighted by molar-refractivity contribution is -0.672. The SMILES string of the molecule is Cn1c[n+](C)cn1.[I-]. The van der Waals surface area contributed by atoms with E-state index in [4.69, 9.17) is 0 Å². The van der Waals surface area contributed by atoms with Crippen LogP contribution in [-0.2, 0) is 14.1 Å². The maximum absolute atomic E-state index is 3.90. The van der Waals surface area contributed by atoms with Crippen LogP contribution in [0.4, 0.5) is 0 Å². The monoisotopic (exact) mass is 225 g/mol. The number of halogens is 1. The highest BCUT2D eigenvalue weighted by Crippen LogP contribution is 1.62. The molecule has 0 aliphatic carbocycles. The van der Waals surface area contributed by atoms with Gasteiger partial charge in [0.15, 0.2) is 0 Å².